The van der Waals surface area contributed by atoms with E-state index in [0.717, 1.165) is 38.8 Å². The van der Waals surface area contributed by atoms with Gasteiger partial charge in [-0.3, -0.25) is 4.79 Å². The third kappa shape index (κ3) is 2.99. The molecule has 0 radical (unpaired) electrons. The molecule has 2 rings (SSSR count). The zero-order valence-electron chi connectivity index (χ0n) is 10.8. The van der Waals surface area contributed by atoms with E-state index in [1.165, 1.54) is 0 Å². The average Bonchev–Trinajstić information content (AvgIpc) is 2.28. The van der Waals surface area contributed by atoms with Crippen LogP contribution in [0.5, 0.6) is 0 Å². The minimum absolute atomic E-state index is 0.0647. The summed E-state index contributed by atoms with van der Waals surface area (Å²) in [5.41, 5.74) is -0.298. The molecule has 1 heterocycles. The maximum absolute atomic E-state index is 11.7. The van der Waals surface area contributed by atoms with Crippen LogP contribution >= 0.6 is 0 Å². The first-order chi connectivity index (χ1) is 8.14. The van der Waals surface area contributed by atoms with Crippen molar-refractivity contribution in [3.63, 3.8) is 0 Å². The molecule has 1 aliphatic carbocycles. The molecule has 1 aliphatic heterocycles. The van der Waals surface area contributed by atoms with Crippen LogP contribution in [-0.2, 0) is 14.3 Å². The molecule has 2 aliphatic rings. The van der Waals surface area contributed by atoms with Crippen molar-refractivity contribution in [2.45, 2.75) is 51.7 Å². The van der Waals surface area contributed by atoms with E-state index in [1.54, 1.807) is 0 Å². The maximum Gasteiger partial charge on any atom is 0.311 e. The Morgan fingerprint density at radius 2 is 1.94 bits per heavy atom. The Morgan fingerprint density at radius 3 is 2.53 bits per heavy atom. The average molecular weight is 241 g/mol. The lowest BCUT2D eigenvalue weighted by Gasteiger charge is -2.44. The molecule has 98 valence electrons. The number of carbonyl (C=O) groups excluding carboxylic acids is 1. The fourth-order valence-electron chi connectivity index (χ4n) is 2.72. The fraction of sp³-hybridized carbons (Fsp3) is 0.923. The highest BCUT2D eigenvalue weighted by Crippen LogP contribution is 2.44. The molecule has 17 heavy (non-hydrogen) atoms. The Balaban J connectivity index is 1.72. The van der Waals surface area contributed by atoms with Crippen molar-refractivity contribution in [2.75, 3.05) is 19.7 Å². The summed E-state index contributed by atoms with van der Waals surface area (Å²) in [5, 5.41) is 3.32. The SMILES string of the molecule is CCOC(=O)[C@]1(C)C[C@@H](OC2CCNCC2)C1. The topological polar surface area (TPSA) is 47.6 Å². The number of nitrogens with one attached hydrogen (secondary N) is 1. The summed E-state index contributed by atoms with van der Waals surface area (Å²) >= 11 is 0. The van der Waals surface area contributed by atoms with Crippen LogP contribution in [-0.4, -0.2) is 37.9 Å². The van der Waals surface area contributed by atoms with E-state index in [0.29, 0.717) is 12.7 Å². The lowest BCUT2D eigenvalue weighted by molar-refractivity contribution is -0.176. The molecule has 4 nitrogen and oxygen atoms in total. The van der Waals surface area contributed by atoms with Crippen LogP contribution < -0.4 is 5.32 Å². The van der Waals surface area contributed by atoms with Crippen LogP contribution in [0.3, 0.4) is 0 Å². The molecule has 1 saturated heterocycles. The van der Waals surface area contributed by atoms with Crippen molar-refractivity contribution in [2.24, 2.45) is 5.41 Å². The van der Waals surface area contributed by atoms with Crippen LogP contribution in [0.2, 0.25) is 0 Å². The summed E-state index contributed by atoms with van der Waals surface area (Å²) in [7, 11) is 0. The second-order valence-corrected chi connectivity index (χ2v) is 5.40. The van der Waals surface area contributed by atoms with E-state index in [2.05, 4.69) is 5.32 Å². The smallest absolute Gasteiger partial charge is 0.311 e. The summed E-state index contributed by atoms with van der Waals surface area (Å²) in [6.07, 6.45) is 4.45. The number of esters is 1. The lowest BCUT2D eigenvalue weighted by atomic mass is 9.68. The maximum atomic E-state index is 11.7. The molecule has 0 bridgehead atoms. The van der Waals surface area contributed by atoms with Gasteiger partial charge in [-0.15, -0.1) is 0 Å². The largest absolute Gasteiger partial charge is 0.466 e. The highest BCUT2D eigenvalue weighted by atomic mass is 16.5. The Morgan fingerprint density at radius 1 is 1.29 bits per heavy atom. The molecule has 0 amide bonds. The molecule has 0 aromatic carbocycles. The van der Waals surface area contributed by atoms with Gasteiger partial charge in [0, 0.05) is 0 Å². The Labute approximate surface area is 103 Å². The van der Waals surface area contributed by atoms with Gasteiger partial charge < -0.3 is 14.8 Å². The van der Waals surface area contributed by atoms with Crippen LogP contribution in [0.1, 0.15) is 39.5 Å². The molecule has 0 spiro atoms. The van der Waals surface area contributed by atoms with Crippen molar-refractivity contribution in [1.82, 2.24) is 5.32 Å². The van der Waals surface area contributed by atoms with E-state index in [-0.39, 0.29) is 17.5 Å². The van der Waals surface area contributed by atoms with E-state index in [1.807, 2.05) is 13.8 Å². The van der Waals surface area contributed by atoms with Gasteiger partial charge in [-0.2, -0.15) is 0 Å². The molecule has 1 saturated carbocycles. The standard InChI is InChI=1S/C13H23NO3/c1-3-16-12(15)13(2)8-11(9-13)17-10-4-6-14-7-5-10/h10-11,14H,3-9H2,1-2H3/t11-,13-. The van der Waals surface area contributed by atoms with Gasteiger partial charge in [-0.25, -0.2) is 0 Å². The molecular weight excluding hydrogens is 218 g/mol. The molecule has 1 N–H and O–H groups in total. The van der Waals surface area contributed by atoms with Gasteiger partial charge in [0.2, 0.25) is 0 Å². The lowest BCUT2D eigenvalue weighted by Crippen LogP contribution is -2.48. The van der Waals surface area contributed by atoms with E-state index >= 15 is 0 Å². The zero-order valence-corrected chi connectivity index (χ0v) is 10.8. The van der Waals surface area contributed by atoms with Gasteiger partial charge in [0.05, 0.1) is 24.2 Å². The van der Waals surface area contributed by atoms with Crippen molar-refractivity contribution in [1.29, 1.82) is 0 Å². The van der Waals surface area contributed by atoms with Crippen molar-refractivity contribution >= 4 is 5.97 Å². The third-order valence-electron chi connectivity index (χ3n) is 3.80. The van der Waals surface area contributed by atoms with Crippen LogP contribution in [0.15, 0.2) is 0 Å². The number of hydrogen-bond donors (Lipinski definition) is 1. The van der Waals surface area contributed by atoms with Gasteiger partial charge in [-0.1, -0.05) is 0 Å². The predicted octanol–water partition coefficient (Wildman–Crippen LogP) is 1.49. The number of rotatable bonds is 4. The van der Waals surface area contributed by atoms with E-state index in [9.17, 15) is 4.79 Å². The number of hydrogen-bond acceptors (Lipinski definition) is 4. The first-order valence-corrected chi connectivity index (χ1v) is 6.67. The highest BCUT2D eigenvalue weighted by molar-refractivity contribution is 5.77. The predicted molar refractivity (Wildman–Crippen MR) is 64.7 cm³/mol. The summed E-state index contributed by atoms with van der Waals surface area (Å²) in [6, 6.07) is 0. The molecular formula is C13H23NO3. The monoisotopic (exact) mass is 241 g/mol. The number of piperidine rings is 1. The van der Waals surface area contributed by atoms with Gasteiger partial charge >= 0.3 is 5.97 Å². The minimum atomic E-state index is -0.298. The summed E-state index contributed by atoms with van der Waals surface area (Å²) < 4.78 is 11.1. The van der Waals surface area contributed by atoms with Crippen LogP contribution in [0.4, 0.5) is 0 Å². The highest BCUT2D eigenvalue weighted by Gasteiger charge is 2.48. The Bertz CT molecular complexity index is 268. The molecule has 2 fully saturated rings. The summed E-state index contributed by atoms with van der Waals surface area (Å²) in [4.78, 5) is 11.7. The fourth-order valence-corrected chi connectivity index (χ4v) is 2.72. The summed E-state index contributed by atoms with van der Waals surface area (Å²) in [5.74, 6) is -0.0647. The Kier molecular flexibility index (Phi) is 4.05. The summed E-state index contributed by atoms with van der Waals surface area (Å²) in [6.45, 7) is 6.39. The molecule has 0 aromatic rings. The molecule has 4 heteroatoms. The van der Waals surface area contributed by atoms with Crippen LogP contribution in [0.25, 0.3) is 0 Å². The van der Waals surface area contributed by atoms with Gasteiger partial charge in [0.25, 0.3) is 0 Å². The number of ether oxygens (including phenoxy) is 2. The second kappa shape index (κ2) is 5.36. The van der Waals surface area contributed by atoms with Gasteiger partial charge in [-0.05, 0) is 52.6 Å². The van der Waals surface area contributed by atoms with Crippen molar-refractivity contribution in [3.8, 4) is 0 Å². The minimum Gasteiger partial charge on any atom is -0.466 e. The molecule has 0 aromatic heterocycles. The van der Waals surface area contributed by atoms with Crippen LogP contribution in [0, 0.1) is 5.41 Å². The number of carbonyl (C=O) groups is 1. The zero-order chi connectivity index (χ0) is 12.3. The molecule has 0 unspecified atom stereocenters. The normalized spacial score (nSPS) is 34.1. The van der Waals surface area contributed by atoms with Gasteiger partial charge in [0.15, 0.2) is 0 Å². The van der Waals surface area contributed by atoms with E-state index < -0.39 is 0 Å². The molecule has 0 atom stereocenters. The van der Waals surface area contributed by atoms with E-state index in [4.69, 9.17) is 9.47 Å². The van der Waals surface area contributed by atoms with Gasteiger partial charge in [0.1, 0.15) is 0 Å². The quantitative estimate of drug-likeness (QED) is 0.757. The van der Waals surface area contributed by atoms with Crippen molar-refractivity contribution in [3.05, 3.63) is 0 Å². The first kappa shape index (κ1) is 12.8. The first-order valence-electron chi connectivity index (χ1n) is 6.67. The van der Waals surface area contributed by atoms with Crippen molar-refractivity contribution < 1.29 is 14.3 Å². The Hall–Kier alpha value is -0.610. The second-order valence-electron chi connectivity index (χ2n) is 5.40. The third-order valence-corrected chi connectivity index (χ3v) is 3.80.